The molecule has 3 rings (SSSR count). The van der Waals surface area contributed by atoms with Crippen molar-refractivity contribution in [3.05, 3.63) is 29.8 Å². The first-order chi connectivity index (χ1) is 11.1. The van der Waals surface area contributed by atoms with Crippen molar-refractivity contribution in [2.45, 2.75) is 69.0 Å². The van der Waals surface area contributed by atoms with Crippen LogP contribution in [0.4, 0.5) is 0 Å². The van der Waals surface area contributed by atoms with Crippen molar-refractivity contribution in [1.29, 1.82) is 0 Å². The Morgan fingerprint density at radius 3 is 2.52 bits per heavy atom. The second-order valence-electron chi connectivity index (χ2n) is 6.97. The van der Waals surface area contributed by atoms with Crippen LogP contribution in [0.5, 0.6) is 0 Å². The summed E-state index contributed by atoms with van der Waals surface area (Å²) in [6, 6.07) is 9.97. The maximum Gasteiger partial charge on any atom is 0.220 e. The molecule has 0 aliphatic carbocycles. The number of fused-ring (bicyclic) bond motifs is 2. The van der Waals surface area contributed by atoms with Gasteiger partial charge in [-0.2, -0.15) is 0 Å². The minimum Gasteiger partial charge on any atom is -0.350 e. The molecule has 3 unspecified atom stereocenters. The second-order valence-corrected chi connectivity index (χ2v) is 8.31. The normalized spacial score (nSPS) is 27.7. The van der Waals surface area contributed by atoms with E-state index < -0.39 is 0 Å². The molecule has 23 heavy (non-hydrogen) atoms. The van der Waals surface area contributed by atoms with Crippen LogP contribution < -0.4 is 10.6 Å². The summed E-state index contributed by atoms with van der Waals surface area (Å²) in [7, 11) is 0. The van der Waals surface area contributed by atoms with Gasteiger partial charge < -0.3 is 10.6 Å². The second kappa shape index (κ2) is 7.71. The Hall–Kier alpha value is -1.00. The highest BCUT2D eigenvalue weighted by molar-refractivity contribution is 7.99. The standard InChI is InChI=1S/C19H28N2OS/c1-3-23-18-8-4-15(5-9-18)13(2)20-19(22)12-14-10-16-6-7-17(11-14)21-16/h4-5,8-9,13-14,16-17,21H,3,6-7,10-12H2,1-2H3,(H,20,22). The average Bonchev–Trinajstić information content (AvgIpc) is 2.87. The van der Waals surface area contributed by atoms with E-state index >= 15 is 0 Å². The van der Waals surface area contributed by atoms with E-state index in [0.29, 0.717) is 24.4 Å². The van der Waals surface area contributed by atoms with Gasteiger partial charge >= 0.3 is 0 Å². The molecule has 0 aromatic heterocycles. The molecule has 3 nitrogen and oxygen atoms in total. The van der Waals surface area contributed by atoms with Crippen LogP contribution >= 0.6 is 11.8 Å². The number of amides is 1. The van der Waals surface area contributed by atoms with Gasteiger partial charge in [-0.25, -0.2) is 0 Å². The number of thioether (sulfide) groups is 1. The summed E-state index contributed by atoms with van der Waals surface area (Å²) in [6.45, 7) is 4.24. The quantitative estimate of drug-likeness (QED) is 0.776. The van der Waals surface area contributed by atoms with Crippen molar-refractivity contribution in [2.24, 2.45) is 5.92 Å². The Bertz CT molecular complexity index is 519. The van der Waals surface area contributed by atoms with Crippen molar-refractivity contribution >= 4 is 17.7 Å². The lowest BCUT2D eigenvalue weighted by Gasteiger charge is -2.29. The lowest BCUT2D eigenvalue weighted by molar-refractivity contribution is -0.122. The highest BCUT2D eigenvalue weighted by Crippen LogP contribution is 2.32. The summed E-state index contributed by atoms with van der Waals surface area (Å²) in [4.78, 5) is 13.7. The molecule has 126 valence electrons. The van der Waals surface area contributed by atoms with Crippen molar-refractivity contribution < 1.29 is 4.79 Å². The maximum atomic E-state index is 12.4. The number of carbonyl (C=O) groups is 1. The molecule has 1 aromatic rings. The van der Waals surface area contributed by atoms with Crippen LogP contribution in [0.1, 0.15) is 57.6 Å². The van der Waals surface area contributed by atoms with E-state index in [0.717, 1.165) is 5.75 Å². The fourth-order valence-corrected chi connectivity index (χ4v) is 4.67. The predicted octanol–water partition coefficient (Wildman–Crippen LogP) is 3.90. The molecule has 3 atom stereocenters. The number of rotatable bonds is 6. The van der Waals surface area contributed by atoms with E-state index in [1.54, 1.807) is 0 Å². The first-order valence-electron chi connectivity index (χ1n) is 8.92. The van der Waals surface area contributed by atoms with Gasteiger partial charge in [0.2, 0.25) is 5.91 Å². The Morgan fingerprint density at radius 2 is 1.91 bits per heavy atom. The number of hydrogen-bond donors (Lipinski definition) is 2. The molecule has 2 aliphatic heterocycles. The molecule has 0 spiro atoms. The van der Waals surface area contributed by atoms with Gasteiger partial charge in [-0.05, 0) is 62.0 Å². The first-order valence-corrected chi connectivity index (χ1v) is 9.90. The summed E-state index contributed by atoms with van der Waals surface area (Å²) >= 11 is 1.85. The Balaban J connectivity index is 1.48. The molecule has 2 bridgehead atoms. The van der Waals surface area contributed by atoms with Crippen LogP contribution in [-0.4, -0.2) is 23.7 Å². The largest absolute Gasteiger partial charge is 0.350 e. The molecule has 1 aromatic carbocycles. The van der Waals surface area contributed by atoms with Gasteiger partial charge in [-0.1, -0.05) is 19.1 Å². The van der Waals surface area contributed by atoms with E-state index in [9.17, 15) is 4.79 Å². The van der Waals surface area contributed by atoms with E-state index in [1.807, 2.05) is 11.8 Å². The molecule has 2 aliphatic rings. The van der Waals surface area contributed by atoms with E-state index in [2.05, 4.69) is 48.7 Å². The molecular formula is C19H28N2OS. The van der Waals surface area contributed by atoms with Crippen LogP contribution in [-0.2, 0) is 4.79 Å². The summed E-state index contributed by atoms with van der Waals surface area (Å²) in [5.41, 5.74) is 1.18. The minimum atomic E-state index is 0.0848. The van der Waals surface area contributed by atoms with Gasteiger partial charge in [0, 0.05) is 23.4 Å². The van der Waals surface area contributed by atoms with Crippen LogP contribution in [0.2, 0.25) is 0 Å². The third kappa shape index (κ3) is 4.51. The fourth-order valence-electron chi connectivity index (χ4n) is 4.01. The molecule has 4 heteroatoms. The zero-order valence-electron chi connectivity index (χ0n) is 14.2. The number of piperidine rings is 1. The zero-order valence-corrected chi connectivity index (χ0v) is 15.0. The van der Waals surface area contributed by atoms with Gasteiger partial charge in [0.1, 0.15) is 0 Å². The Labute approximate surface area is 144 Å². The van der Waals surface area contributed by atoms with Crippen LogP contribution in [0.3, 0.4) is 0 Å². The van der Waals surface area contributed by atoms with Gasteiger partial charge in [0.25, 0.3) is 0 Å². The Morgan fingerprint density at radius 1 is 1.26 bits per heavy atom. The molecule has 0 saturated carbocycles. The van der Waals surface area contributed by atoms with E-state index in [4.69, 9.17) is 0 Å². The summed E-state index contributed by atoms with van der Waals surface area (Å²) in [6.07, 6.45) is 5.61. The van der Waals surface area contributed by atoms with Crippen LogP contribution in [0, 0.1) is 5.92 Å². The SMILES string of the molecule is CCSc1ccc(C(C)NC(=O)CC2CC3CCC(C2)N3)cc1. The van der Waals surface area contributed by atoms with E-state index in [-0.39, 0.29) is 11.9 Å². The highest BCUT2D eigenvalue weighted by Gasteiger charge is 2.34. The molecule has 2 fully saturated rings. The van der Waals surface area contributed by atoms with Crippen LogP contribution in [0.15, 0.2) is 29.2 Å². The summed E-state index contributed by atoms with van der Waals surface area (Å²) in [5.74, 6) is 1.85. The lowest BCUT2D eigenvalue weighted by atomic mass is 9.89. The van der Waals surface area contributed by atoms with Gasteiger partial charge in [-0.3, -0.25) is 4.79 Å². The number of carbonyl (C=O) groups excluding carboxylic acids is 1. The van der Waals surface area contributed by atoms with Crippen molar-refractivity contribution in [3.8, 4) is 0 Å². The third-order valence-corrected chi connectivity index (χ3v) is 6.01. The zero-order chi connectivity index (χ0) is 16.2. The average molecular weight is 333 g/mol. The third-order valence-electron chi connectivity index (χ3n) is 5.11. The van der Waals surface area contributed by atoms with Gasteiger partial charge in [-0.15, -0.1) is 11.8 Å². The molecule has 2 N–H and O–H groups in total. The van der Waals surface area contributed by atoms with Gasteiger partial charge in [0.05, 0.1) is 6.04 Å². The molecule has 1 amide bonds. The van der Waals surface area contributed by atoms with Crippen LogP contribution in [0.25, 0.3) is 0 Å². The summed E-state index contributed by atoms with van der Waals surface area (Å²) < 4.78 is 0. The van der Waals surface area contributed by atoms with Crippen molar-refractivity contribution in [1.82, 2.24) is 10.6 Å². The Kier molecular flexibility index (Phi) is 5.65. The van der Waals surface area contributed by atoms with Gasteiger partial charge in [0.15, 0.2) is 0 Å². The molecule has 0 radical (unpaired) electrons. The molecular weight excluding hydrogens is 304 g/mol. The highest BCUT2D eigenvalue weighted by atomic mass is 32.2. The smallest absolute Gasteiger partial charge is 0.220 e. The fraction of sp³-hybridized carbons (Fsp3) is 0.632. The first kappa shape index (κ1) is 16.8. The molecule has 2 heterocycles. The maximum absolute atomic E-state index is 12.4. The summed E-state index contributed by atoms with van der Waals surface area (Å²) in [5, 5.41) is 6.82. The van der Waals surface area contributed by atoms with Crippen molar-refractivity contribution in [3.63, 3.8) is 0 Å². The van der Waals surface area contributed by atoms with Crippen molar-refractivity contribution in [2.75, 3.05) is 5.75 Å². The molecule has 2 saturated heterocycles. The predicted molar refractivity (Wildman–Crippen MR) is 96.7 cm³/mol. The lowest BCUT2D eigenvalue weighted by Crippen LogP contribution is -2.40. The number of benzene rings is 1. The number of nitrogens with one attached hydrogen (secondary N) is 2. The minimum absolute atomic E-state index is 0.0848. The monoisotopic (exact) mass is 332 g/mol. The topological polar surface area (TPSA) is 41.1 Å². The van der Waals surface area contributed by atoms with E-state index in [1.165, 1.54) is 36.1 Å². The number of hydrogen-bond acceptors (Lipinski definition) is 3.